The predicted molar refractivity (Wildman–Crippen MR) is 85.3 cm³/mol. The Morgan fingerprint density at radius 3 is 2.81 bits per heavy atom. The minimum absolute atomic E-state index is 0.308. The van der Waals surface area contributed by atoms with Crippen LogP contribution in [0.5, 0.6) is 5.88 Å². The lowest BCUT2D eigenvalue weighted by atomic mass is 9.71. The summed E-state index contributed by atoms with van der Waals surface area (Å²) in [6, 6.07) is 6.85. The van der Waals surface area contributed by atoms with Crippen LogP contribution in [0.2, 0.25) is 0 Å². The van der Waals surface area contributed by atoms with Crippen LogP contribution in [0.4, 0.5) is 0 Å². The second-order valence-electron chi connectivity index (χ2n) is 7.78. The van der Waals surface area contributed by atoms with Crippen molar-refractivity contribution in [1.82, 2.24) is 10.3 Å². The summed E-state index contributed by atoms with van der Waals surface area (Å²) in [5.74, 6) is 1.53. The van der Waals surface area contributed by atoms with E-state index < -0.39 is 0 Å². The molecule has 0 radical (unpaired) electrons. The number of aromatic nitrogens is 1. The lowest BCUT2D eigenvalue weighted by Crippen LogP contribution is -2.34. The van der Waals surface area contributed by atoms with Crippen LogP contribution in [0.1, 0.15) is 58.6 Å². The zero-order valence-corrected chi connectivity index (χ0v) is 13.6. The average Bonchev–Trinajstić information content (AvgIpc) is 3.18. The van der Waals surface area contributed by atoms with Gasteiger partial charge in [-0.3, -0.25) is 0 Å². The van der Waals surface area contributed by atoms with Gasteiger partial charge in [-0.1, -0.05) is 26.8 Å². The van der Waals surface area contributed by atoms with Gasteiger partial charge in [-0.15, -0.1) is 0 Å². The van der Waals surface area contributed by atoms with Crippen LogP contribution >= 0.6 is 0 Å². The van der Waals surface area contributed by atoms with Crippen molar-refractivity contribution >= 4 is 0 Å². The van der Waals surface area contributed by atoms with E-state index >= 15 is 0 Å². The first kappa shape index (κ1) is 14.8. The highest BCUT2D eigenvalue weighted by atomic mass is 16.5. The van der Waals surface area contributed by atoms with Crippen molar-refractivity contribution in [3.05, 3.63) is 23.9 Å². The monoisotopic (exact) mass is 288 g/mol. The predicted octanol–water partition coefficient (Wildman–Crippen LogP) is 3.93. The van der Waals surface area contributed by atoms with Crippen molar-refractivity contribution in [2.75, 3.05) is 0 Å². The molecule has 1 N–H and O–H groups in total. The van der Waals surface area contributed by atoms with Crippen LogP contribution in [0.3, 0.4) is 0 Å². The number of ether oxygens (including phenoxy) is 1. The molecule has 2 saturated carbocycles. The molecule has 1 heterocycles. The molecule has 0 saturated heterocycles. The Kier molecular flexibility index (Phi) is 4.21. The second-order valence-corrected chi connectivity index (χ2v) is 7.78. The van der Waals surface area contributed by atoms with Crippen LogP contribution in [0, 0.1) is 11.3 Å². The SMILES string of the molecule is CC1CC(Oc2cccc(CNC3CC3)n2)CC(C)(C)C1. The van der Waals surface area contributed by atoms with E-state index in [1.165, 1.54) is 19.3 Å². The molecule has 116 valence electrons. The molecule has 3 rings (SSSR count). The molecule has 2 aliphatic rings. The minimum atomic E-state index is 0.308. The highest BCUT2D eigenvalue weighted by Crippen LogP contribution is 2.39. The maximum atomic E-state index is 6.19. The van der Waals surface area contributed by atoms with Gasteiger partial charge in [0, 0.05) is 18.7 Å². The molecule has 0 bridgehead atoms. The van der Waals surface area contributed by atoms with Gasteiger partial charge in [-0.25, -0.2) is 4.98 Å². The fraction of sp³-hybridized carbons (Fsp3) is 0.722. The van der Waals surface area contributed by atoms with Gasteiger partial charge in [0.1, 0.15) is 6.10 Å². The van der Waals surface area contributed by atoms with Crippen molar-refractivity contribution in [1.29, 1.82) is 0 Å². The van der Waals surface area contributed by atoms with E-state index in [2.05, 4.69) is 43.2 Å². The van der Waals surface area contributed by atoms with Crippen LogP contribution < -0.4 is 10.1 Å². The number of rotatable bonds is 5. The number of pyridine rings is 1. The Morgan fingerprint density at radius 1 is 1.29 bits per heavy atom. The molecule has 2 aliphatic carbocycles. The average molecular weight is 288 g/mol. The summed E-state index contributed by atoms with van der Waals surface area (Å²) in [6.07, 6.45) is 6.50. The maximum absolute atomic E-state index is 6.19. The summed E-state index contributed by atoms with van der Waals surface area (Å²) in [7, 11) is 0. The molecule has 0 amide bonds. The van der Waals surface area contributed by atoms with E-state index in [-0.39, 0.29) is 0 Å². The van der Waals surface area contributed by atoms with Crippen LogP contribution in [-0.2, 0) is 6.54 Å². The van der Waals surface area contributed by atoms with E-state index in [0.29, 0.717) is 11.5 Å². The Labute approximate surface area is 128 Å². The van der Waals surface area contributed by atoms with Gasteiger partial charge < -0.3 is 10.1 Å². The smallest absolute Gasteiger partial charge is 0.213 e. The van der Waals surface area contributed by atoms with Gasteiger partial charge in [0.25, 0.3) is 0 Å². The third kappa shape index (κ3) is 4.44. The van der Waals surface area contributed by atoms with Crippen LogP contribution in [0.15, 0.2) is 18.2 Å². The Bertz CT molecular complexity index is 482. The second kappa shape index (κ2) is 5.96. The number of hydrogen-bond acceptors (Lipinski definition) is 3. The summed E-state index contributed by atoms with van der Waals surface area (Å²) in [6.45, 7) is 7.89. The standard InChI is InChI=1S/C18H28N2O/c1-13-9-16(11-18(2,3)10-13)21-17-6-4-5-15(20-17)12-19-14-7-8-14/h4-6,13-14,16,19H,7-12H2,1-3H3. The molecule has 3 nitrogen and oxygen atoms in total. The Balaban J connectivity index is 1.59. The summed E-state index contributed by atoms with van der Waals surface area (Å²) >= 11 is 0. The highest BCUT2D eigenvalue weighted by molar-refractivity contribution is 5.16. The molecule has 1 aromatic rings. The molecule has 21 heavy (non-hydrogen) atoms. The molecule has 0 aromatic carbocycles. The Hall–Kier alpha value is -1.09. The highest BCUT2D eigenvalue weighted by Gasteiger charge is 2.33. The topological polar surface area (TPSA) is 34.1 Å². The Morgan fingerprint density at radius 2 is 2.10 bits per heavy atom. The number of hydrogen-bond donors (Lipinski definition) is 1. The van der Waals surface area contributed by atoms with E-state index in [1.807, 2.05) is 6.07 Å². The van der Waals surface area contributed by atoms with Gasteiger partial charge in [-0.2, -0.15) is 0 Å². The maximum Gasteiger partial charge on any atom is 0.213 e. The van der Waals surface area contributed by atoms with Crippen molar-refractivity contribution in [2.24, 2.45) is 11.3 Å². The third-order valence-corrected chi connectivity index (χ3v) is 4.56. The molecule has 3 heteroatoms. The van der Waals surface area contributed by atoms with Gasteiger partial charge in [-0.05, 0) is 49.5 Å². The van der Waals surface area contributed by atoms with Crippen molar-refractivity contribution in [3.63, 3.8) is 0 Å². The first-order valence-corrected chi connectivity index (χ1v) is 8.36. The molecular formula is C18H28N2O. The van der Waals surface area contributed by atoms with Gasteiger partial charge in [0.05, 0.1) is 5.69 Å². The van der Waals surface area contributed by atoms with Crippen molar-refractivity contribution in [3.8, 4) is 5.88 Å². The fourth-order valence-electron chi connectivity index (χ4n) is 3.68. The van der Waals surface area contributed by atoms with Gasteiger partial charge >= 0.3 is 0 Å². The zero-order chi connectivity index (χ0) is 14.9. The summed E-state index contributed by atoms with van der Waals surface area (Å²) in [5.41, 5.74) is 1.47. The summed E-state index contributed by atoms with van der Waals surface area (Å²) in [5, 5.41) is 3.51. The van der Waals surface area contributed by atoms with Gasteiger partial charge in [0.2, 0.25) is 5.88 Å². The number of nitrogens with zero attached hydrogens (tertiary/aromatic N) is 1. The van der Waals surface area contributed by atoms with E-state index in [4.69, 9.17) is 4.74 Å². The molecule has 2 fully saturated rings. The molecular weight excluding hydrogens is 260 g/mol. The third-order valence-electron chi connectivity index (χ3n) is 4.56. The lowest BCUT2D eigenvalue weighted by molar-refractivity contribution is 0.0531. The van der Waals surface area contributed by atoms with E-state index in [1.54, 1.807) is 0 Å². The zero-order valence-electron chi connectivity index (χ0n) is 13.6. The minimum Gasteiger partial charge on any atom is -0.474 e. The molecule has 2 unspecified atom stereocenters. The van der Waals surface area contributed by atoms with Crippen molar-refractivity contribution < 1.29 is 4.74 Å². The van der Waals surface area contributed by atoms with Crippen molar-refractivity contribution in [2.45, 2.75) is 71.6 Å². The van der Waals surface area contributed by atoms with Crippen LogP contribution in [-0.4, -0.2) is 17.1 Å². The van der Waals surface area contributed by atoms with Gasteiger partial charge in [0.15, 0.2) is 0 Å². The van der Waals surface area contributed by atoms with E-state index in [9.17, 15) is 0 Å². The summed E-state index contributed by atoms with van der Waals surface area (Å²) in [4.78, 5) is 4.65. The quantitative estimate of drug-likeness (QED) is 0.891. The summed E-state index contributed by atoms with van der Waals surface area (Å²) < 4.78 is 6.19. The number of nitrogens with one attached hydrogen (secondary N) is 1. The molecule has 0 spiro atoms. The molecule has 1 aromatic heterocycles. The first-order valence-electron chi connectivity index (χ1n) is 8.36. The fourth-order valence-corrected chi connectivity index (χ4v) is 3.68. The molecule has 2 atom stereocenters. The van der Waals surface area contributed by atoms with Crippen LogP contribution in [0.25, 0.3) is 0 Å². The molecule has 0 aliphatic heterocycles. The lowest BCUT2D eigenvalue weighted by Gasteiger charge is -2.38. The normalized spacial score (nSPS) is 28.3. The van der Waals surface area contributed by atoms with E-state index in [0.717, 1.165) is 42.9 Å². The largest absolute Gasteiger partial charge is 0.474 e. The first-order chi connectivity index (χ1) is 10.00.